The summed E-state index contributed by atoms with van der Waals surface area (Å²) < 4.78 is 16.8. The van der Waals surface area contributed by atoms with Crippen LogP contribution in [0.25, 0.3) is 0 Å². The molecule has 1 aromatic heterocycles. The van der Waals surface area contributed by atoms with Gasteiger partial charge >= 0.3 is 6.09 Å². The van der Waals surface area contributed by atoms with E-state index >= 15 is 0 Å². The van der Waals surface area contributed by atoms with Crippen molar-refractivity contribution >= 4 is 17.5 Å². The lowest BCUT2D eigenvalue weighted by atomic mass is 9.92. The molecule has 0 radical (unpaired) electrons. The smallest absolute Gasteiger partial charge is 0.412 e. The summed E-state index contributed by atoms with van der Waals surface area (Å²) >= 11 is 0. The number of carbonyl (C=O) groups excluding carboxylic acids is 1. The molecular formula is C26H34N4O4. The van der Waals surface area contributed by atoms with Crippen LogP contribution >= 0.6 is 0 Å². The van der Waals surface area contributed by atoms with Crippen LogP contribution in [0.2, 0.25) is 0 Å². The van der Waals surface area contributed by atoms with Gasteiger partial charge in [0.05, 0.1) is 18.5 Å². The van der Waals surface area contributed by atoms with Crippen LogP contribution in [0.3, 0.4) is 0 Å². The van der Waals surface area contributed by atoms with Gasteiger partial charge in [0.2, 0.25) is 5.88 Å². The number of carbonyl (C=O) groups is 1. The summed E-state index contributed by atoms with van der Waals surface area (Å²) in [7, 11) is 1.49. The number of aryl methyl sites for hydroxylation is 1. The first-order chi connectivity index (χ1) is 16.1. The van der Waals surface area contributed by atoms with E-state index in [2.05, 4.69) is 16.4 Å². The van der Waals surface area contributed by atoms with Gasteiger partial charge in [-0.1, -0.05) is 13.8 Å². The number of aromatic nitrogens is 1. The van der Waals surface area contributed by atoms with Crippen molar-refractivity contribution in [1.29, 1.82) is 10.7 Å². The van der Waals surface area contributed by atoms with Crippen LogP contribution in [0, 0.1) is 16.7 Å². The maximum Gasteiger partial charge on any atom is 0.412 e. The number of pyridine rings is 1. The van der Waals surface area contributed by atoms with E-state index in [1.807, 2.05) is 19.9 Å². The van der Waals surface area contributed by atoms with E-state index < -0.39 is 11.7 Å². The lowest BCUT2D eigenvalue weighted by Gasteiger charge is -2.26. The largest absolute Gasteiger partial charge is 0.484 e. The molecule has 34 heavy (non-hydrogen) atoms. The van der Waals surface area contributed by atoms with E-state index in [-0.39, 0.29) is 17.7 Å². The summed E-state index contributed by atoms with van der Waals surface area (Å²) in [4.78, 5) is 16.7. The molecule has 0 saturated carbocycles. The standard InChI is InChI=1S/C24H28N4O4.C2H6/c1-14(26)18-12-17(9-10-19(18)27-23(29)32-24(2,3)4)31-20-8-6-7-15-11-16(13-25)22(30-5)28-21(15)20;1-2/h9-12,20,26H,6-8H2,1-5H3,(H,27,29);1-2H3. The van der Waals surface area contributed by atoms with Crippen LogP contribution in [0.5, 0.6) is 11.6 Å². The molecule has 0 spiro atoms. The van der Waals surface area contributed by atoms with Crippen molar-refractivity contribution in [3.05, 3.63) is 46.6 Å². The topological polar surface area (TPSA) is 117 Å². The minimum absolute atomic E-state index is 0.281. The van der Waals surface area contributed by atoms with Gasteiger partial charge in [-0.05, 0) is 76.8 Å². The minimum Gasteiger partial charge on any atom is -0.484 e. The highest BCUT2D eigenvalue weighted by molar-refractivity contribution is 6.04. The molecule has 182 valence electrons. The SMILES string of the molecule is CC.COc1nc2c(cc1C#N)CCCC2Oc1ccc(NC(=O)OC(C)(C)C)c(C(C)=N)c1. The van der Waals surface area contributed by atoms with Crippen LogP contribution in [-0.4, -0.2) is 29.5 Å². The molecule has 1 aliphatic rings. The summed E-state index contributed by atoms with van der Waals surface area (Å²) in [6.45, 7) is 11.0. The molecule has 2 N–H and O–H groups in total. The van der Waals surface area contributed by atoms with Crippen molar-refractivity contribution in [3.8, 4) is 17.7 Å². The van der Waals surface area contributed by atoms with Gasteiger partial charge in [0.1, 0.15) is 29.1 Å². The first-order valence-corrected chi connectivity index (χ1v) is 11.5. The van der Waals surface area contributed by atoms with E-state index in [4.69, 9.17) is 19.6 Å². The molecule has 0 fully saturated rings. The minimum atomic E-state index is -0.624. The number of ether oxygens (including phenoxy) is 3. The third-order valence-corrected chi connectivity index (χ3v) is 4.94. The number of nitrogens with one attached hydrogen (secondary N) is 2. The van der Waals surface area contributed by atoms with Gasteiger partial charge in [-0.25, -0.2) is 9.78 Å². The van der Waals surface area contributed by atoms with Crippen molar-refractivity contribution < 1.29 is 19.0 Å². The average molecular weight is 467 g/mol. The Morgan fingerprint density at radius 2 is 1.97 bits per heavy atom. The van der Waals surface area contributed by atoms with Gasteiger partial charge in [-0.3, -0.25) is 5.32 Å². The second-order valence-corrected chi connectivity index (χ2v) is 8.66. The number of fused-ring (bicyclic) bond motifs is 1. The van der Waals surface area contributed by atoms with E-state index in [0.29, 0.717) is 22.6 Å². The molecule has 1 aliphatic carbocycles. The molecule has 8 nitrogen and oxygen atoms in total. The highest BCUT2D eigenvalue weighted by Crippen LogP contribution is 2.36. The number of anilines is 1. The summed E-state index contributed by atoms with van der Waals surface area (Å²) in [6, 6.07) is 9.11. The molecule has 0 saturated heterocycles. The Hall–Kier alpha value is -3.60. The number of amides is 1. The molecule has 1 aromatic carbocycles. The lowest BCUT2D eigenvalue weighted by Crippen LogP contribution is -2.27. The predicted octanol–water partition coefficient (Wildman–Crippen LogP) is 6.18. The third kappa shape index (κ3) is 6.70. The quantitative estimate of drug-likeness (QED) is 0.508. The lowest BCUT2D eigenvalue weighted by molar-refractivity contribution is 0.0636. The Kier molecular flexibility index (Phi) is 9.02. The molecule has 1 unspecified atom stereocenters. The van der Waals surface area contributed by atoms with Gasteiger partial charge in [-0.2, -0.15) is 5.26 Å². The number of hydrogen-bond donors (Lipinski definition) is 2. The first-order valence-electron chi connectivity index (χ1n) is 11.5. The van der Waals surface area contributed by atoms with E-state index in [1.54, 1.807) is 45.9 Å². The van der Waals surface area contributed by atoms with Crippen molar-refractivity contribution in [2.45, 2.75) is 72.5 Å². The second kappa shape index (κ2) is 11.5. The maximum absolute atomic E-state index is 12.2. The van der Waals surface area contributed by atoms with Crippen LogP contribution in [-0.2, 0) is 11.2 Å². The average Bonchev–Trinajstić information content (AvgIpc) is 2.79. The van der Waals surface area contributed by atoms with Crippen LogP contribution < -0.4 is 14.8 Å². The number of benzene rings is 1. The summed E-state index contributed by atoms with van der Waals surface area (Å²) in [5, 5.41) is 20.2. The van der Waals surface area contributed by atoms with E-state index in [9.17, 15) is 10.1 Å². The van der Waals surface area contributed by atoms with Gasteiger partial charge in [0.25, 0.3) is 0 Å². The number of hydrogen-bond acceptors (Lipinski definition) is 7. The first kappa shape index (κ1) is 26.7. The Bertz CT molecular complexity index is 1080. The monoisotopic (exact) mass is 466 g/mol. The summed E-state index contributed by atoms with van der Waals surface area (Å²) in [6.07, 6.45) is 1.62. The van der Waals surface area contributed by atoms with Crippen molar-refractivity contribution in [3.63, 3.8) is 0 Å². The van der Waals surface area contributed by atoms with Gasteiger partial charge in [0.15, 0.2) is 0 Å². The van der Waals surface area contributed by atoms with Gasteiger partial charge < -0.3 is 19.6 Å². The molecule has 8 heteroatoms. The van der Waals surface area contributed by atoms with Crippen molar-refractivity contribution in [1.82, 2.24) is 4.98 Å². The Morgan fingerprint density at radius 3 is 2.56 bits per heavy atom. The number of nitrogens with zero attached hydrogens (tertiary/aromatic N) is 2. The zero-order valence-corrected chi connectivity index (χ0v) is 21.0. The summed E-state index contributed by atoms with van der Waals surface area (Å²) in [5.74, 6) is 0.846. The van der Waals surface area contributed by atoms with Gasteiger partial charge in [-0.15, -0.1) is 0 Å². The number of methoxy groups -OCH3 is 1. The number of rotatable bonds is 5. The number of nitriles is 1. The zero-order chi connectivity index (χ0) is 25.5. The normalized spacial score (nSPS) is 14.5. The predicted molar refractivity (Wildman–Crippen MR) is 132 cm³/mol. The van der Waals surface area contributed by atoms with Crippen molar-refractivity contribution in [2.75, 3.05) is 12.4 Å². The Labute approximate surface area is 201 Å². The maximum atomic E-state index is 12.2. The Balaban J connectivity index is 0.00000199. The second-order valence-electron chi connectivity index (χ2n) is 8.66. The molecule has 3 rings (SSSR count). The highest BCUT2D eigenvalue weighted by Gasteiger charge is 2.26. The van der Waals surface area contributed by atoms with Crippen LogP contribution in [0.15, 0.2) is 24.3 Å². The molecule has 0 bridgehead atoms. The fraction of sp³-hybridized carbons (Fsp3) is 0.462. The molecular weight excluding hydrogens is 432 g/mol. The third-order valence-electron chi connectivity index (χ3n) is 4.94. The summed E-state index contributed by atoms with van der Waals surface area (Å²) in [5.41, 5.74) is 2.81. The fourth-order valence-corrected chi connectivity index (χ4v) is 3.59. The fourth-order valence-electron chi connectivity index (χ4n) is 3.59. The van der Waals surface area contributed by atoms with E-state index in [0.717, 1.165) is 30.5 Å². The molecule has 1 amide bonds. The van der Waals surface area contributed by atoms with Crippen LogP contribution in [0.1, 0.15) is 82.9 Å². The molecule has 1 atom stereocenters. The van der Waals surface area contributed by atoms with Crippen LogP contribution in [0.4, 0.5) is 10.5 Å². The van der Waals surface area contributed by atoms with Crippen molar-refractivity contribution in [2.24, 2.45) is 0 Å². The highest BCUT2D eigenvalue weighted by atomic mass is 16.6. The molecule has 1 heterocycles. The zero-order valence-electron chi connectivity index (χ0n) is 21.0. The molecule has 0 aliphatic heterocycles. The Morgan fingerprint density at radius 1 is 1.26 bits per heavy atom. The van der Waals surface area contributed by atoms with Gasteiger partial charge in [0, 0.05) is 11.3 Å². The molecule has 2 aromatic rings. The van der Waals surface area contributed by atoms with E-state index in [1.165, 1.54) is 7.11 Å².